The van der Waals surface area contributed by atoms with Gasteiger partial charge >= 0.3 is 0 Å². The number of aryl methyl sites for hydroxylation is 1. The zero-order valence-corrected chi connectivity index (χ0v) is 18.3. The lowest BCUT2D eigenvalue weighted by Crippen LogP contribution is -2.36. The van der Waals surface area contributed by atoms with Gasteiger partial charge in [0.25, 0.3) is 0 Å². The minimum absolute atomic E-state index is 0.0672. The summed E-state index contributed by atoms with van der Waals surface area (Å²) in [5.41, 5.74) is 3.59. The summed E-state index contributed by atoms with van der Waals surface area (Å²) in [5.74, 6) is -1.63. The SMILES string of the molecule is CCCS(=O)(=O)NCc1c(C)ncc2c1CCN(C(=O)/C=C/c1ccc(F)cc1F)C2. The quantitative estimate of drug-likeness (QED) is 0.659. The van der Waals surface area contributed by atoms with Gasteiger partial charge in [0.15, 0.2) is 0 Å². The Bertz CT molecular complexity index is 1120. The van der Waals surface area contributed by atoms with Crippen molar-refractivity contribution in [3.8, 4) is 0 Å². The van der Waals surface area contributed by atoms with Crippen molar-refractivity contribution in [3.05, 3.63) is 70.1 Å². The number of carbonyl (C=O) groups is 1. The van der Waals surface area contributed by atoms with E-state index >= 15 is 0 Å². The fourth-order valence-electron chi connectivity index (χ4n) is 3.57. The molecule has 1 aromatic heterocycles. The molecule has 0 saturated heterocycles. The van der Waals surface area contributed by atoms with E-state index in [0.29, 0.717) is 25.9 Å². The topological polar surface area (TPSA) is 79.4 Å². The predicted molar refractivity (Wildman–Crippen MR) is 114 cm³/mol. The van der Waals surface area contributed by atoms with Crippen LogP contribution in [0.3, 0.4) is 0 Å². The van der Waals surface area contributed by atoms with Crippen molar-refractivity contribution in [1.82, 2.24) is 14.6 Å². The number of aromatic nitrogens is 1. The summed E-state index contributed by atoms with van der Waals surface area (Å²) >= 11 is 0. The smallest absolute Gasteiger partial charge is 0.246 e. The van der Waals surface area contributed by atoms with Crippen molar-refractivity contribution in [1.29, 1.82) is 0 Å². The summed E-state index contributed by atoms with van der Waals surface area (Å²) in [4.78, 5) is 18.6. The van der Waals surface area contributed by atoms with Crippen molar-refractivity contribution in [2.24, 2.45) is 0 Å². The highest BCUT2D eigenvalue weighted by Crippen LogP contribution is 2.24. The number of pyridine rings is 1. The molecule has 2 heterocycles. The van der Waals surface area contributed by atoms with Gasteiger partial charge in [0.2, 0.25) is 15.9 Å². The highest BCUT2D eigenvalue weighted by atomic mass is 32.2. The highest BCUT2D eigenvalue weighted by Gasteiger charge is 2.23. The van der Waals surface area contributed by atoms with E-state index in [-0.39, 0.29) is 23.8 Å². The van der Waals surface area contributed by atoms with Crippen LogP contribution in [-0.2, 0) is 34.3 Å². The maximum atomic E-state index is 13.8. The molecule has 6 nitrogen and oxygen atoms in total. The number of hydrogen-bond donors (Lipinski definition) is 1. The lowest BCUT2D eigenvalue weighted by Gasteiger charge is -2.30. The lowest BCUT2D eigenvalue weighted by atomic mass is 9.95. The molecule has 0 aliphatic carbocycles. The fraction of sp³-hybridized carbons (Fsp3) is 0.364. The second-order valence-electron chi connectivity index (χ2n) is 7.47. The fourth-order valence-corrected chi connectivity index (χ4v) is 4.62. The van der Waals surface area contributed by atoms with Gasteiger partial charge in [0.05, 0.1) is 5.75 Å². The van der Waals surface area contributed by atoms with E-state index in [2.05, 4.69) is 9.71 Å². The molecule has 0 atom stereocenters. The first kappa shape index (κ1) is 23.0. The molecule has 0 bridgehead atoms. The van der Waals surface area contributed by atoms with Crippen LogP contribution in [0, 0.1) is 18.6 Å². The van der Waals surface area contributed by atoms with Gasteiger partial charge < -0.3 is 4.90 Å². The maximum absolute atomic E-state index is 13.8. The zero-order valence-electron chi connectivity index (χ0n) is 17.5. The average molecular weight is 450 g/mol. The molecular weight excluding hydrogens is 424 g/mol. The van der Waals surface area contributed by atoms with E-state index in [1.165, 1.54) is 18.2 Å². The van der Waals surface area contributed by atoms with E-state index < -0.39 is 21.7 Å². The van der Waals surface area contributed by atoms with Crippen LogP contribution in [0.2, 0.25) is 0 Å². The van der Waals surface area contributed by atoms with Gasteiger partial charge in [-0.3, -0.25) is 9.78 Å². The van der Waals surface area contributed by atoms with Crippen molar-refractivity contribution >= 4 is 22.0 Å². The van der Waals surface area contributed by atoms with E-state index in [9.17, 15) is 22.0 Å². The summed E-state index contributed by atoms with van der Waals surface area (Å²) in [7, 11) is -3.34. The Hall–Kier alpha value is -2.65. The molecule has 1 amide bonds. The number of hydrogen-bond acceptors (Lipinski definition) is 4. The summed E-state index contributed by atoms with van der Waals surface area (Å²) in [6.45, 7) is 4.58. The number of nitrogens with zero attached hydrogens (tertiary/aromatic N) is 2. The van der Waals surface area contributed by atoms with Gasteiger partial charge in [0.1, 0.15) is 11.6 Å². The van der Waals surface area contributed by atoms with Gasteiger partial charge in [-0.25, -0.2) is 21.9 Å². The van der Waals surface area contributed by atoms with Gasteiger partial charge in [-0.15, -0.1) is 0 Å². The van der Waals surface area contributed by atoms with Gasteiger partial charge in [-0.2, -0.15) is 0 Å². The van der Waals surface area contributed by atoms with Crippen LogP contribution in [-0.4, -0.2) is 36.5 Å². The normalized spacial score (nSPS) is 14.1. The molecule has 0 spiro atoms. The minimum Gasteiger partial charge on any atom is -0.334 e. The molecule has 1 aliphatic rings. The number of benzene rings is 1. The molecule has 0 radical (unpaired) electrons. The van der Waals surface area contributed by atoms with E-state index in [1.807, 2.05) is 6.92 Å². The number of amides is 1. The van der Waals surface area contributed by atoms with Crippen LogP contribution in [0.4, 0.5) is 8.78 Å². The average Bonchev–Trinajstić information content (AvgIpc) is 2.71. The molecule has 1 aromatic carbocycles. The standard InChI is InChI=1S/C22H25F2N3O3S/c1-3-10-31(29,30)26-13-20-15(2)25-12-17-14-27(9-8-19(17)20)22(28)7-5-16-4-6-18(23)11-21(16)24/h4-7,11-12,26H,3,8-10,13-14H2,1-2H3/b7-5+. The van der Waals surface area contributed by atoms with E-state index in [4.69, 9.17) is 0 Å². The second kappa shape index (κ2) is 9.65. The zero-order chi connectivity index (χ0) is 22.6. The van der Waals surface area contributed by atoms with E-state index in [0.717, 1.165) is 34.5 Å². The molecule has 166 valence electrons. The largest absolute Gasteiger partial charge is 0.334 e. The van der Waals surface area contributed by atoms with Crippen LogP contribution in [0.25, 0.3) is 6.08 Å². The molecule has 0 saturated carbocycles. The Morgan fingerprint density at radius 2 is 2.10 bits per heavy atom. The van der Waals surface area contributed by atoms with E-state index in [1.54, 1.807) is 18.0 Å². The van der Waals surface area contributed by atoms with Crippen molar-refractivity contribution < 1.29 is 22.0 Å². The number of carbonyl (C=O) groups excluding carboxylic acids is 1. The molecule has 3 rings (SSSR count). The number of nitrogens with one attached hydrogen (secondary N) is 1. The summed E-state index contributed by atoms with van der Waals surface area (Å²) in [5, 5.41) is 0. The predicted octanol–water partition coefficient (Wildman–Crippen LogP) is 3.10. The van der Waals surface area contributed by atoms with Crippen LogP contribution in [0.5, 0.6) is 0 Å². The minimum atomic E-state index is -3.34. The Kier molecular flexibility index (Phi) is 7.17. The molecule has 9 heteroatoms. The van der Waals surface area contributed by atoms with Crippen molar-refractivity contribution in [3.63, 3.8) is 0 Å². The lowest BCUT2D eigenvalue weighted by molar-refractivity contribution is -0.126. The highest BCUT2D eigenvalue weighted by molar-refractivity contribution is 7.89. The second-order valence-corrected chi connectivity index (χ2v) is 9.40. The first-order chi connectivity index (χ1) is 14.7. The number of halogens is 2. The summed E-state index contributed by atoms with van der Waals surface area (Å²) in [6, 6.07) is 3.18. The van der Waals surface area contributed by atoms with Crippen LogP contribution < -0.4 is 4.72 Å². The van der Waals surface area contributed by atoms with Crippen LogP contribution in [0.15, 0.2) is 30.5 Å². The first-order valence-corrected chi connectivity index (χ1v) is 11.7. The Morgan fingerprint density at radius 1 is 1.32 bits per heavy atom. The van der Waals surface area contributed by atoms with Crippen molar-refractivity contribution in [2.45, 2.75) is 39.8 Å². The first-order valence-electron chi connectivity index (χ1n) is 10.1. The Labute approximate surface area is 181 Å². The number of rotatable bonds is 7. The molecular formula is C22H25F2N3O3S. The summed E-state index contributed by atoms with van der Waals surface area (Å²) in [6.07, 6.45) is 5.40. The third-order valence-corrected chi connectivity index (χ3v) is 6.75. The monoisotopic (exact) mass is 449 g/mol. The summed E-state index contributed by atoms with van der Waals surface area (Å²) < 4.78 is 53.4. The van der Waals surface area contributed by atoms with Gasteiger partial charge in [-0.1, -0.05) is 6.92 Å². The number of fused-ring (bicyclic) bond motifs is 1. The molecule has 0 unspecified atom stereocenters. The molecule has 0 fully saturated rings. The van der Waals surface area contributed by atoms with Crippen LogP contribution in [0.1, 0.15) is 41.3 Å². The van der Waals surface area contributed by atoms with Gasteiger partial charge in [-0.05, 0) is 54.7 Å². The number of sulfonamides is 1. The van der Waals surface area contributed by atoms with Crippen molar-refractivity contribution in [2.75, 3.05) is 12.3 Å². The molecule has 31 heavy (non-hydrogen) atoms. The molecule has 1 aliphatic heterocycles. The molecule has 2 aromatic rings. The van der Waals surface area contributed by atoms with Crippen LogP contribution >= 0.6 is 0 Å². The third-order valence-electron chi connectivity index (χ3n) is 5.22. The Morgan fingerprint density at radius 3 is 2.81 bits per heavy atom. The van der Waals surface area contributed by atoms with Gasteiger partial charge in [0, 0.05) is 49.2 Å². The molecule has 1 N–H and O–H groups in total. The maximum Gasteiger partial charge on any atom is 0.246 e. The Balaban J connectivity index is 1.73. The third kappa shape index (κ3) is 5.74.